The number of allylic oxidation sites excluding steroid dienone is 2. The quantitative estimate of drug-likeness (QED) is 0.508. The maximum Gasteiger partial charge on any atom is 0.138 e. The number of benzene rings is 2. The summed E-state index contributed by atoms with van der Waals surface area (Å²) in [5, 5.41) is 3.01. The van der Waals surface area contributed by atoms with E-state index in [1.807, 2.05) is 30.3 Å². The molecule has 1 nitrogen and oxygen atoms in total. The molecule has 1 heterocycles. The zero-order valence-electron chi connectivity index (χ0n) is 12.0. The van der Waals surface area contributed by atoms with Crippen LogP contribution < -0.4 is 5.32 Å². The maximum atomic E-state index is 14.2. The van der Waals surface area contributed by atoms with Crippen molar-refractivity contribution in [2.75, 3.05) is 0 Å². The van der Waals surface area contributed by atoms with Crippen LogP contribution in [0.3, 0.4) is 0 Å². The zero-order chi connectivity index (χ0) is 16.6. The molecule has 2 aromatic rings. The first-order chi connectivity index (χ1) is 11.0. The Labute approximate surface area is 146 Å². The molecule has 0 aliphatic carbocycles. The highest BCUT2D eigenvalue weighted by atomic mass is 127. The normalized spacial score (nSPS) is 18.1. The predicted octanol–water partition coefficient (Wildman–Crippen LogP) is 5.28. The summed E-state index contributed by atoms with van der Waals surface area (Å²) in [7, 11) is 0. The van der Waals surface area contributed by atoms with E-state index in [0.29, 0.717) is 29.9 Å². The summed E-state index contributed by atoms with van der Waals surface area (Å²) < 4.78 is 41.7. The van der Waals surface area contributed by atoms with Gasteiger partial charge < -0.3 is 5.32 Å². The lowest BCUT2D eigenvalue weighted by molar-refractivity contribution is 0.537. The summed E-state index contributed by atoms with van der Waals surface area (Å²) in [6.07, 6.45) is 0.585. The Kier molecular flexibility index (Phi) is 4.48. The molecule has 0 saturated heterocycles. The third-order valence-electron chi connectivity index (χ3n) is 3.73. The van der Waals surface area contributed by atoms with Crippen LogP contribution in [0.15, 0.2) is 54.7 Å². The van der Waals surface area contributed by atoms with Gasteiger partial charge in [0.25, 0.3) is 0 Å². The molecule has 118 valence electrons. The first-order valence-corrected chi connectivity index (χ1v) is 8.25. The molecule has 1 atom stereocenters. The lowest BCUT2D eigenvalue weighted by atomic mass is 9.91. The second-order valence-electron chi connectivity index (χ2n) is 5.29. The molecule has 0 saturated carbocycles. The van der Waals surface area contributed by atoms with Gasteiger partial charge in [-0.15, -0.1) is 0 Å². The van der Waals surface area contributed by atoms with E-state index in [2.05, 4.69) is 34.5 Å². The Morgan fingerprint density at radius 3 is 2.26 bits per heavy atom. The van der Waals surface area contributed by atoms with Crippen LogP contribution in [0.25, 0.3) is 11.3 Å². The molecule has 0 bridgehead atoms. The van der Waals surface area contributed by atoms with Crippen LogP contribution in [0.1, 0.15) is 17.5 Å². The fraction of sp³-hybridized carbons (Fsp3) is 0.111. The van der Waals surface area contributed by atoms with Gasteiger partial charge in [0, 0.05) is 17.8 Å². The Morgan fingerprint density at radius 2 is 1.65 bits per heavy atom. The highest BCUT2D eigenvalue weighted by Crippen LogP contribution is 2.38. The van der Waals surface area contributed by atoms with Crippen molar-refractivity contribution in [2.45, 2.75) is 10.3 Å². The van der Waals surface area contributed by atoms with Gasteiger partial charge in [0.05, 0.1) is 15.2 Å². The number of rotatable bonds is 2. The average molecular weight is 427 g/mol. The van der Waals surface area contributed by atoms with Crippen LogP contribution in [0.5, 0.6) is 0 Å². The zero-order valence-corrected chi connectivity index (χ0v) is 14.2. The molecule has 0 fully saturated rings. The molecule has 0 amide bonds. The third-order valence-corrected chi connectivity index (χ3v) is 4.92. The van der Waals surface area contributed by atoms with E-state index < -0.39 is 17.5 Å². The van der Waals surface area contributed by atoms with Crippen molar-refractivity contribution in [2.24, 2.45) is 0 Å². The van der Waals surface area contributed by atoms with Crippen LogP contribution in [0.2, 0.25) is 0 Å². The van der Waals surface area contributed by atoms with Crippen molar-refractivity contribution >= 4 is 33.9 Å². The second-order valence-corrected chi connectivity index (χ2v) is 6.79. The summed E-state index contributed by atoms with van der Waals surface area (Å²) in [6.45, 7) is 3.90. The van der Waals surface area contributed by atoms with Gasteiger partial charge in [-0.3, -0.25) is 0 Å². The van der Waals surface area contributed by atoms with Gasteiger partial charge in [-0.05, 0) is 17.6 Å². The molecule has 0 spiro atoms. The lowest BCUT2D eigenvalue weighted by Gasteiger charge is -2.28. The van der Waals surface area contributed by atoms with Gasteiger partial charge in [0.15, 0.2) is 0 Å². The molecular formula is C18H13F3IN. The number of hydrogen-bond acceptors (Lipinski definition) is 1. The van der Waals surface area contributed by atoms with Crippen LogP contribution in [0, 0.1) is 17.5 Å². The Balaban J connectivity index is 2.25. The minimum Gasteiger partial charge on any atom is -0.358 e. The Hall–Kier alpha value is -1.76. The van der Waals surface area contributed by atoms with Gasteiger partial charge in [-0.25, -0.2) is 13.2 Å². The molecule has 23 heavy (non-hydrogen) atoms. The van der Waals surface area contributed by atoms with Crippen LogP contribution in [-0.2, 0) is 0 Å². The Morgan fingerprint density at radius 1 is 1.04 bits per heavy atom. The minimum atomic E-state index is -0.938. The van der Waals surface area contributed by atoms with Crippen molar-refractivity contribution in [1.82, 2.24) is 5.32 Å². The minimum absolute atomic E-state index is 0.0955. The molecule has 1 aliphatic heterocycles. The van der Waals surface area contributed by atoms with Crippen LogP contribution in [-0.4, -0.2) is 3.92 Å². The molecule has 2 aromatic carbocycles. The average Bonchev–Trinajstić information content (AvgIpc) is 2.50. The largest absolute Gasteiger partial charge is 0.358 e. The number of alkyl halides is 1. The summed E-state index contributed by atoms with van der Waals surface area (Å²) in [5.41, 5.74) is 2.37. The van der Waals surface area contributed by atoms with Gasteiger partial charge in [0.1, 0.15) is 17.5 Å². The van der Waals surface area contributed by atoms with Crippen molar-refractivity contribution < 1.29 is 13.2 Å². The fourth-order valence-electron chi connectivity index (χ4n) is 2.61. The fourth-order valence-corrected chi connectivity index (χ4v) is 3.21. The van der Waals surface area contributed by atoms with E-state index in [1.54, 1.807) is 0 Å². The number of halogens is 4. The second kappa shape index (κ2) is 6.39. The third kappa shape index (κ3) is 3.15. The molecule has 0 radical (unpaired) electrons. The smallest absolute Gasteiger partial charge is 0.138 e. The van der Waals surface area contributed by atoms with E-state index >= 15 is 0 Å². The van der Waals surface area contributed by atoms with E-state index in [-0.39, 0.29) is 9.49 Å². The van der Waals surface area contributed by atoms with E-state index in [4.69, 9.17) is 0 Å². The summed E-state index contributed by atoms with van der Waals surface area (Å²) in [6, 6.07) is 10.7. The van der Waals surface area contributed by atoms with E-state index in [1.165, 1.54) is 0 Å². The highest BCUT2D eigenvalue weighted by Gasteiger charge is 2.27. The molecule has 0 aromatic heterocycles. The van der Waals surface area contributed by atoms with Crippen molar-refractivity contribution in [3.05, 3.63) is 83.3 Å². The number of nitrogens with one attached hydrogen (secondary N) is 1. The summed E-state index contributed by atoms with van der Waals surface area (Å²) >= 11 is 2.23. The first-order valence-electron chi connectivity index (χ1n) is 7.00. The molecule has 5 heteroatoms. The van der Waals surface area contributed by atoms with Crippen LogP contribution in [0.4, 0.5) is 13.2 Å². The van der Waals surface area contributed by atoms with Crippen molar-refractivity contribution in [1.29, 1.82) is 0 Å². The van der Waals surface area contributed by atoms with Crippen molar-refractivity contribution in [3.63, 3.8) is 0 Å². The van der Waals surface area contributed by atoms with Gasteiger partial charge >= 0.3 is 0 Å². The SMILES string of the molecule is C=C1NC(c2c(F)cc(F)cc2F)=C(c2ccccc2)CC1I. The molecule has 1 unspecified atom stereocenters. The molecule has 1 aliphatic rings. The monoisotopic (exact) mass is 427 g/mol. The van der Waals surface area contributed by atoms with Gasteiger partial charge in [-0.2, -0.15) is 0 Å². The highest BCUT2D eigenvalue weighted by molar-refractivity contribution is 14.1. The lowest BCUT2D eigenvalue weighted by Crippen LogP contribution is -2.26. The van der Waals surface area contributed by atoms with Crippen molar-refractivity contribution in [3.8, 4) is 0 Å². The standard InChI is InChI=1S/C18H13F3IN/c1-10-16(22)9-13(11-5-3-2-4-6-11)18(23-10)17-14(20)7-12(19)8-15(17)21/h2-8,16,23H,1,9H2. The van der Waals surface area contributed by atoms with E-state index in [0.717, 1.165) is 11.1 Å². The van der Waals surface area contributed by atoms with E-state index in [9.17, 15) is 13.2 Å². The van der Waals surface area contributed by atoms with Gasteiger partial charge in [-0.1, -0.05) is 59.5 Å². The molecule has 1 N–H and O–H groups in total. The topological polar surface area (TPSA) is 12.0 Å². The van der Waals surface area contributed by atoms with Gasteiger partial charge in [0.2, 0.25) is 0 Å². The molecular weight excluding hydrogens is 414 g/mol. The Bertz CT molecular complexity index is 776. The predicted molar refractivity (Wildman–Crippen MR) is 94.3 cm³/mol. The van der Waals surface area contributed by atoms with Crippen LogP contribution >= 0.6 is 22.6 Å². The molecule has 3 rings (SSSR count). The maximum absolute atomic E-state index is 14.2. The first kappa shape index (κ1) is 16.1. The summed E-state index contributed by atoms with van der Waals surface area (Å²) in [4.78, 5) is 0. The number of hydrogen-bond donors (Lipinski definition) is 1. The summed E-state index contributed by atoms with van der Waals surface area (Å²) in [5.74, 6) is -2.80.